The van der Waals surface area contributed by atoms with Crippen LogP contribution in [0.5, 0.6) is 0 Å². The molecule has 0 heterocycles. The van der Waals surface area contributed by atoms with Crippen LogP contribution in [0.2, 0.25) is 0 Å². The van der Waals surface area contributed by atoms with Gasteiger partial charge in [0.1, 0.15) is 0 Å². The van der Waals surface area contributed by atoms with Gasteiger partial charge in [0, 0.05) is 0 Å². The summed E-state index contributed by atoms with van der Waals surface area (Å²) in [6, 6.07) is 0. The van der Waals surface area contributed by atoms with Gasteiger partial charge in [-0.25, -0.2) is 0 Å². The van der Waals surface area contributed by atoms with E-state index in [2.05, 4.69) is 0 Å². The number of hydrogen-bond donors (Lipinski definition) is 0. The summed E-state index contributed by atoms with van der Waals surface area (Å²) in [5, 5.41) is 0. The van der Waals surface area contributed by atoms with Gasteiger partial charge in [-0.2, -0.15) is 0 Å². The van der Waals surface area contributed by atoms with Crippen molar-refractivity contribution >= 4 is 26.2 Å². The fourth-order valence-corrected chi connectivity index (χ4v) is 0. The molecule has 0 rings (SSSR count). The molecule has 0 aliphatic rings. The molecule has 0 amide bonds. The van der Waals surface area contributed by atoms with E-state index in [1.54, 1.807) is 0 Å². The van der Waals surface area contributed by atoms with Gasteiger partial charge in [0.05, 0.1) is 0 Å². The van der Waals surface area contributed by atoms with Crippen LogP contribution < -0.4 is 0 Å². The maximum atomic E-state index is 0. The van der Waals surface area contributed by atoms with E-state index in [-0.39, 0.29) is 97.2 Å². The fraction of sp³-hybridized carbons (Fsp3) is 0. The summed E-state index contributed by atoms with van der Waals surface area (Å²) in [6.45, 7) is 0. The smallest absolute Gasteiger partial charge is 2.00 e. The SMILES string of the molecule is [Bi+3].[Fe+3].[Mo+6].[O-2].[O-2].[O-2].[O-2].[O-2].[O-2]. The summed E-state index contributed by atoms with van der Waals surface area (Å²) in [5.74, 6) is 0. The second-order valence-electron chi connectivity index (χ2n) is 0. The molecule has 9 heavy (non-hydrogen) atoms. The quantitative estimate of drug-likeness (QED) is 0.403. The normalized spacial score (nSPS) is 0. The molecule has 0 bridgehead atoms. The molecule has 0 spiro atoms. The molecule has 0 saturated carbocycles. The third kappa shape index (κ3) is 177. The molecule has 0 aliphatic heterocycles. The Morgan fingerprint density at radius 1 is 0.444 bits per heavy atom. The van der Waals surface area contributed by atoms with Gasteiger partial charge in [-0.1, -0.05) is 0 Å². The van der Waals surface area contributed by atoms with Crippen molar-refractivity contribution in [2.75, 3.05) is 0 Å². The molecule has 0 atom stereocenters. The second-order valence-corrected chi connectivity index (χ2v) is 0. The second kappa shape index (κ2) is 225. The zero-order valence-electron chi connectivity index (χ0n) is 3.66. The van der Waals surface area contributed by atoms with Crippen LogP contribution in [0.25, 0.3) is 0 Å². The van der Waals surface area contributed by atoms with Crippen molar-refractivity contribution in [1.82, 2.24) is 0 Å². The first-order valence-corrected chi connectivity index (χ1v) is 0. The Bertz CT molecular complexity index is 13.0. The van der Waals surface area contributed by atoms with Crippen molar-refractivity contribution < 1.29 is 71.0 Å². The molecular formula is BiFeMoO6. The number of hydrogen-bond acceptors (Lipinski definition) is 0. The van der Waals surface area contributed by atoms with E-state index in [0.29, 0.717) is 0 Å². The molecule has 0 N–H and O–H groups in total. The van der Waals surface area contributed by atoms with Crippen molar-refractivity contribution in [3.05, 3.63) is 0 Å². The van der Waals surface area contributed by atoms with E-state index >= 15 is 0 Å². The van der Waals surface area contributed by atoms with E-state index in [1.165, 1.54) is 0 Å². The van der Waals surface area contributed by atoms with Gasteiger partial charge in [0.15, 0.2) is 0 Å². The Hall–Kier alpha value is 1.85. The van der Waals surface area contributed by atoms with Gasteiger partial charge in [0.2, 0.25) is 0 Å². The Balaban J connectivity index is 0. The molecule has 0 aromatic carbocycles. The van der Waals surface area contributed by atoms with Crippen LogP contribution in [-0.4, -0.2) is 26.2 Å². The van der Waals surface area contributed by atoms with Gasteiger partial charge in [-0.3, -0.25) is 0 Å². The standard InChI is InChI=1S/Bi.Fe.Mo.6O/q2*+3;+6;6*-2. The summed E-state index contributed by atoms with van der Waals surface area (Å²) < 4.78 is 0. The molecule has 9 heteroatoms. The Labute approximate surface area is 96.5 Å². The molecule has 0 fully saturated rings. The van der Waals surface area contributed by atoms with Crippen LogP contribution in [-0.2, 0) is 71.0 Å². The Kier molecular flexibility index (Phi) is 7690. The van der Waals surface area contributed by atoms with Gasteiger partial charge < -0.3 is 32.9 Å². The van der Waals surface area contributed by atoms with E-state index in [0.717, 1.165) is 0 Å². The van der Waals surface area contributed by atoms with Crippen LogP contribution >= 0.6 is 0 Å². The van der Waals surface area contributed by atoms with Crippen molar-refractivity contribution in [3.8, 4) is 0 Å². The first-order valence-electron chi connectivity index (χ1n) is 0. The van der Waals surface area contributed by atoms with Gasteiger partial charge in [-0.05, 0) is 0 Å². The first-order chi connectivity index (χ1) is 0. The van der Waals surface area contributed by atoms with E-state index in [9.17, 15) is 0 Å². The van der Waals surface area contributed by atoms with E-state index < -0.39 is 0 Å². The monoisotopic (exact) mass is 459 g/mol. The fourth-order valence-electron chi connectivity index (χ4n) is 0. The molecule has 0 saturated heterocycles. The van der Waals surface area contributed by atoms with Gasteiger partial charge in [-0.15, -0.1) is 0 Å². The Morgan fingerprint density at radius 2 is 0.444 bits per heavy atom. The van der Waals surface area contributed by atoms with E-state index in [1.807, 2.05) is 0 Å². The maximum absolute atomic E-state index is 0. The van der Waals surface area contributed by atoms with Crippen molar-refractivity contribution in [2.45, 2.75) is 0 Å². The van der Waals surface area contributed by atoms with Crippen LogP contribution in [0.3, 0.4) is 0 Å². The van der Waals surface area contributed by atoms with Crippen molar-refractivity contribution in [3.63, 3.8) is 0 Å². The third-order valence-corrected chi connectivity index (χ3v) is 0. The Morgan fingerprint density at radius 3 is 0.444 bits per heavy atom. The predicted octanol–water partition coefficient (Wildman–Crippen LogP) is -1.10. The average molecular weight is 457 g/mol. The molecule has 55 valence electrons. The van der Waals surface area contributed by atoms with Crippen LogP contribution in [0.4, 0.5) is 0 Å². The van der Waals surface area contributed by atoms with E-state index in [4.69, 9.17) is 0 Å². The van der Waals surface area contributed by atoms with Crippen LogP contribution in [0, 0.1) is 0 Å². The zero-order chi connectivity index (χ0) is 0. The summed E-state index contributed by atoms with van der Waals surface area (Å²) in [5.41, 5.74) is 0. The molecule has 0 unspecified atom stereocenters. The molecule has 0 aromatic rings. The maximum Gasteiger partial charge on any atom is 6.00 e. The minimum atomic E-state index is 0. The van der Waals surface area contributed by atoms with Crippen LogP contribution in [0.1, 0.15) is 0 Å². The van der Waals surface area contributed by atoms with Gasteiger partial charge in [0.25, 0.3) is 0 Å². The molecule has 6 nitrogen and oxygen atoms in total. The molecule has 3 radical (unpaired) electrons. The average Bonchev–Trinajstić information content (AvgIpc) is 0. The van der Waals surface area contributed by atoms with Gasteiger partial charge >= 0.3 is 64.3 Å². The number of rotatable bonds is 0. The van der Waals surface area contributed by atoms with Crippen LogP contribution in [0.15, 0.2) is 0 Å². The largest absolute Gasteiger partial charge is 6.00 e. The topological polar surface area (TPSA) is 171 Å². The summed E-state index contributed by atoms with van der Waals surface area (Å²) in [4.78, 5) is 0. The van der Waals surface area contributed by atoms with Crippen molar-refractivity contribution in [1.29, 1.82) is 0 Å². The molecular weight excluding hydrogens is 457 g/mol. The van der Waals surface area contributed by atoms with Crippen molar-refractivity contribution in [2.24, 2.45) is 0 Å². The summed E-state index contributed by atoms with van der Waals surface area (Å²) >= 11 is 0. The zero-order valence-corrected chi connectivity index (χ0v) is 10.2. The summed E-state index contributed by atoms with van der Waals surface area (Å²) in [6.07, 6.45) is 0. The predicted molar refractivity (Wildman–Crippen MR) is 9.87 cm³/mol. The molecule has 0 aromatic heterocycles. The minimum Gasteiger partial charge on any atom is -2.00 e. The summed E-state index contributed by atoms with van der Waals surface area (Å²) in [7, 11) is 0. The minimum absolute atomic E-state index is 0. The third-order valence-electron chi connectivity index (χ3n) is 0. The first kappa shape index (κ1) is 307. The molecule has 0 aliphatic carbocycles.